The van der Waals surface area contributed by atoms with Gasteiger partial charge in [0, 0.05) is 18.2 Å². The topological polar surface area (TPSA) is 132 Å². The summed E-state index contributed by atoms with van der Waals surface area (Å²) in [7, 11) is 1.69. The summed E-state index contributed by atoms with van der Waals surface area (Å²) in [6.45, 7) is 2.70. The van der Waals surface area contributed by atoms with E-state index >= 15 is 0 Å². The number of nitrogens with one attached hydrogen (secondary N) is 2. The molecule has 10 nitrogen and oxygen atoms in total. The number of fused-ring (bicyclic) bond motifs is 2. The molecule has 0 aliphatic carbocycles. The first kappa shape index (κ1) is 28.9. The van der Waals surface area contributed by atoms with Gasteiger partial charge < -0.3 is 25.0 Å². The molecule has 2 atom stereocenters. The summed E-state index contributed by atoms with van der Waals surface area (Å²) >= 11 is 0. The maximum atomic E-state index is 14.7. The van der Waals surface area contributed by atoms with Gasteiger partial charge in [-0.3, -0.25) is 14.2 Å². The van der Waals surface area contributed by atoms with Gasteiger partial charge >= 0.3 is 0 Å². The molecule has 1 aromatic heterocycles. The fourth-order valence-corrected chi connectivity index (χ4v) is 6.11. The number of hydrogen-bond donors (Lipinski definition) is 2. The van der Waals surface area contributed by atoms with E-state index < -0.39 is 17.7 Å². The van der Waals surface area contributed by atoms with Gasteiger partial charge in [0.05, 0.1) is 48.3 Å². The highest BCUT2D eigenvalue weighted by Crippen LogP contribution is 2.42. The fourth-order valence-electron chi connectivity index (χ4n) is 6.11. The number of likely N-dealkylation sites (N-methyl/N-ethyl adjacent to an activating group) is 1. The van der Waals surface area contributed by atoms with Crippen LogP contribution in [0.1, 0.15) is 36.6 Å². The Hall–Kier alpha value is -5.16. The van der Waals surface area contributed by atoms with Gasteiger partial charge in [0.25, 0.3) is 5.91 Å². The lowest BCUT2D eigenvalue weighted by molar-refractivity contribution is -0.138. The Bertz CT molecular complexity index is 1830. The van der Waals surface area contributed by atoms with Crippen molar-refractivity contribution < 1.29 is 19.1 Å². The summed E-state index contributed by atoms with van der Waals surface area (Å²) in [6, 6.07) is 25.0. The van der Waals surface area contributed by atoms with E-state index in [2.05, 4.69) is 22.8 Å². The van der Waals surface area contributed by atoms with Crippen molar-refractivity contribution in [3.05, 3.63) is 89.6 Å². The Kier molecular flexibility index (Phi) is 7.79. The van der Waals surface area contributed by atoms with E-state index in [-0.39, 0.29) is 18.4 Å². The van der Waals surface area contributed by atoms with E-state index in [1.165, 1.54) is 0 Å². The normalized spacial score (nSPS) is 18.0. The molecule has 1 saturated heterocycles. The van der Waals surface area contributed by atoms with Gasteiger partial charge in [-0.1, -0.05) is 36.4 Å². The largest absolute Gasteiger partial charge is 0.482 e. The Morgan fingerprint density at radius 1 is 1.02 bits per heavy atom. The third kappa shape index (κ3) is 4.94. The molecule has 3 aromatic carbocycles. The zero-order valence-electron chi connectivity index (χ0n) is 24.5. The fraction of sp³-hybridized carbons (Fsp3) is 0.294. The molecule has 1 spiro atoms. The lowest BCUT2D eigenvalue weighted by Crippen LogP contribution is -2.65. The molecule has 0 saturated carbocycles. The van der Waals surface area contributed by atoms with Gasteiger partial charge in [0.15, 0.2) is 0 Å². The number of ether oxygens (including phenoxy) is 2. The lowest BCUT2D eigenvalue weighted by atomic mass is 9.84. The Morgan fingerprint density at radius 2 is 1.75 bits per heavy atom. The molecule has 44 heavy (non-hydrogen) atoms. The minimum absolute atomic E-state index is 0.159. The molecule has 10 heteroatoms. The van der Waals surface area contributed by atoms with Crippen molar-refractivity contribution in [2.24, 2.45) is 0 Å². The molecule has 4 aromatic rings. The average molecular weight is 589 g/mol. The number of carbonyl (C=O) groups excluding carboxylic acids is 2. The molecule has 3 heterocycles. The van der Waals surface area contributed by atoms with E-state index in [0.717, 1.165) is 16.5 Å². The van der Waals surface area contributed by atoms with Crippen LogP contribution in [0.2, 0.25) is 0 Å². The van der Waals surface area contributed by atoms with Gasteiger partial charge in [-0.05, 0) is 55.9 Å². The van der Waals surface area contributed by atoms with Gasteiger partial charge in [-0.2, -0.15) is 10.5 Å². The van der Waals surface area contributed by atoms with Gasteiger partial charge in [0.1, 0.15) is 35.2 Å². The third-order valence-electron chi connectivity index (χ3n) is 8.61. The van der Waals surface area contributed by atoms with Crippen LogP contribution in [0, 0.1) is 22.7 Å². The summed E-state index contributed by atoms with van der Waals surface area (Å²) in [5.74, 6) is -0.0490. The second kappa shape index (κ2) is 11.8. The number of amides is 2. The average Bonchev–Trinajstić information content (AvgIpc) is 3.42. The van der Waals surface area contributed by atoms with Crippen LogP contribution in [-0.2, 0) is 20.9 Å². The van der Waals surface area contributed by atoms with Crippen LogP contribution in [0.15, 0.2) is 72.8 Å². The maximum absolute atomic E-state index is 14.7. The minimum Gasteiger partial charge on any atom is -0.482 e. The van der Waals surface area contributed by atoms with Gasteiger partial charge in [-0.15, -0.1) is 0 Å². The number of nitriles is 2. The van der Waals surface area contributed by atoms with Crippen molar-refractivity contribution in [2.45, 2.75) is 44.0 Å². The smallest absolute Gasteiger partial charge is 0.254 e. The predicted molar refractivity (Wildman–Crippen MR) is 164 cm³/mol. The van der Waals surface area contributed by atoms with E-state index in [1.54, 1.807) is 41.6 Å². The van der Waals surface area contributed by atoms with Crippen LogP contribution in [0.3, 0.4) is 0 Å². The Labute approximate surface area is 255 Å². The van der Waals surface area contributed by atoms with Crippen LogP contribution >= 0.6 is 0 Å². The van der Waals surface area contributed by atoms with E-state index in [0.29, 0.717) is 54.4 Å². The second-order valence-corrected chi connectivity index (χ2v) is 11.1. The summed E-state index contributed by atoms with van der Waals surface area (Å²) in [5, 5.41) is 26.6. The number of anilines is 1. The highest BCUT2D eigenvalue weighted by atomic mass is 16.5. The number of rotatable bonds is 6. The first-order valence-corrected chi connectivity index (χ1v) is 14.6. The lowest BCUT2D eigenvalue weighted by Gasteiger charge is -2.41. The number of hydrogen-bond acceptors (Lipinski definition) is 7. The summed E-state index contributed by atoms with van der Waals surface area (Å²) in [6.07, 6.45) is 0.865. The van der Waals surface area contributed by atoms with Crippen molar-refractivity contribution in [3.8, 4) is 23.6 Å². The van der Waals surface area contributed by atoms with Crippen LogP contribution in [0.5, 0.6) is 5.75 Å². The zero-order chi connectivity index (χ0) is 30.8. The van der Waals surface area contributed by atoms with E-state index in [4.69, 9.17) is 9.47 Å². The summed E-state index contributed by atoms with van der Waals surface area (Å²) in [5.41, 5.74) is 2.55. The molecular formula is C34H32N6O4. The van der Waals surface area contributed by atoms with E-state index in [1.807, 2.05) is 54.6 Å². The number of carbonyl (C=O) groups is 2. The van der Waals surface area contributed by atoms with Crippen LogP contribution in [-0.4, -0.2) is 54.3 Å². The van der Waals surface area contributed by atoms with Crippen LogP contribution in [0.25, 0.3) is 16.6 Å². The van der Waals surface area contributed by atoms with Crippen molar-refractivity contribution >= 4 is 28.4 Å². The molecule has 0 bridgehead atoms. The Balaban J connectivity index is 1.48. The maximum Gasteiger partial charge on any atom is 0.254 e. The standard InChI is InChI=1S/C34H32N6O4/c1-22(37-2)32(41)38-31-33(42)39(29-11-5-6-13-30(29)44-34(31)14-16-43-17-15-34)21-24-9-7-12-28-26(24)18-25(20-36)40(28)27-10-4-3-8-23(27)19-35/h3-13,18,22,31,37H,14-17,21H2,1-2H3,(H,38,41)/t22-,31+/m0/s1. The highest BCUT2D eigenvalue weighted by molar-refractivity contribution is 6.03. The first-order chi connectivity index (χ1) is 21.4. The predicted octanol–water partition coefficient (Wildman–Crippen LogP) is 3.94. The number of nitrogens with zero attached hydrogens (tertiary/aromatic N) is 4. The molecular weight excluding hydrogens is 556 g/mol. The van der Waals surface area contributed by atoms with E-state index in [9.17, 15) is 20.1 Å². The molecule has 2 aliphatic rings. The van der Waals surface area contributed by atoms with Crippen molar-refractivity contribution in [1.29, 1.82) is 10.5 Å². The molecule has 6 rings (SSSR count). The van der Waals surface area contributed by atoms with Crippen molar-refractivity contribution in [2.75, 3.05) is 25.2 Å². The molecule has 1 fully saturated rings. The minimum atomic E-state index is -0.992. The number of benzene rings is 3. The molecule has 222 valence electrons. The zero-order valence-corrected chi connectivity index (χ0v) is 24.5. The summed E-state index contributed by atoms with van der Waals surface area (Å²) in [4.78, 5) is 29.6. The van der Waals surface area contributed by atoms with Crippen molar-refractivity contribution in [1.82, 2.24) is 15.2 Å². The second-order valence-electron chi connectivity index (χ2n) is 11.1. The summed E-state index contributed by atoms with van der Waals surface area (Å²) < 4.78 is 14.1. The Morgan fingerprint density at radius 3 is 2.48 bits per heavy atom. The van der Waals surface area contributed by atoms with Gasteiger partial charge in [0.2, 0.25) is 5.91 Å². The highest BCUT2D eigenvalue weighted by Gasteiger charge is 2.51. The number of para-hydroxylation sites is 3. The quantitative estimate of drug-likeness (QED) is 0.349. The van der Waals surface area contributed by atoms with Crippen LogP contribution < -0.4 is 20.3 Å². The first-order valence-electron chi connectivity index (χ1n) is 14.6. The van der Waals surface area contributed by atoms with Gasteiger partial charge in [-0.25, -0.2) is 0 Å². The number of aromatic nitrogens is 1. The monoisotopic (exact) mass is 588 g/mol. The molecule has 0 unspecified atom stereocenters. The SMILES string of the molecule is CN[C@@H](C)C(=O)N[C@@H]1C(=O)N(Cc2cccc3c2cc(C#N)n3-c2ccccc2C#N)c2ccccc2OC12CCOCC2. The van der Waals surface area contributed by atoms with Crippen molar-refractivity contribution in [3.63, 3.8) is 0 Å². The molecule has 2 aliphatic heterocycles. The molecule has 0 radical (unpaired) electrons. The van der Waals surface area contributed by atoms with Crippen LogP contribution in [0.4, 0.5) is 5.69 Å². The molecule has 2 amide bonds. The molecule has 2 N–H and O–H groups in total. The third-order valence-corrected chi connectivity index (χ3v) is 8.61.